The summed E-state index contributed by atoms with van der Waals surface area (Å²) < 4.78 is 5.69. The highest BCUT2D eigenvalue weighted by Gasteiger charge is 2.13. The molecule has 0 amide bonds. The second-order valence-corrected chi connectivity index (χ2v) is 5.16. The Bertz CT molecular complexity index is 590. The van der Waals surface area contributed by atoms with E-state index in [1.807, 2.05) is 0 Å². The second kappa shape index (κ2) is 5.47. The minimum atomic E-state index is -0.559. The summed E-state index contributed by atoms with van der Waals surface area (Å²) in [6, 6.07) is 4.12. The molecule has 2 aromatic rings. The van der Waals surface area contributed by atoms with Gasteiger partial charge in [0.2, 0.25) is 4.47 Å². The van der Waals surface area contributed by atoms with Crippen molar-refractivity contribution in [2.24, 2.45) is 0 Å². The molecule has 0 aliphatic rings. The summed E-state index contributed by atoms with van der Waals surface area (Å²) in [7, 11) is 0. The predicted octanol–water partition coefficient (Wildman–Crippen LogP) is 3.33. The molecular weight excluding hydrogens is 301 g/mol. The first-order chi connectivity index (χ1) is 8.56. The molecule has 1 heterocycles. The molecule has 0 aliphatic carbocycles. The van der Waals surface area contributed by atoms with Gasteiger partial charge in [0.25, 0.3) is 5.69 Å². The normalized spacial score (nSPS) is 10.3. The van der Waals surface area contributed by atoms with E-state index >= 15 is 0 Å². The van der Waals surface area contributed by atoms with Crippen LogP contribution in [-0.4, -0.2) is 15.1 Å². The molecule has 0 spiro atoms. The minimum Gasteiger partial charge on any atom is -0.486 e. The van der Waals surface area contributed by atoms with Gasteiger partial charge < -0.3 is 4.74 Å². The SMILES string of the molecule is O=[N+]([O-])c1ccc(OCc2nnc(Cl)s2)cc1Cl. The molecule has 9 heteroatoms. The van der Waals surface area contributed by atoms with Crippen LogP contribution in [0, 0.1) is 10.1 Å². The first kappa shape index (κ1) is 13.0. The van der Waals surface area contributed by atoms with Gasteiger partial charge in [0.1, 0.15) is 17.4 Å². The van der Waals surface area contributed by atoms with E-state index < -0.39 is 4.92 Å². The fourth-order valence-electron chi connectivity index (χ4n) is 1.16. The number of hydrogen-bond acceptors (Lipinski definition) is 6. The van der Waals surface area contributed by atoms with E-state index in [9.17, 15) is 10.1 Å². The third-order valence-corrected chi connectivity index (χ3v) is 3.22. The highest BCUT2D eigenvalue weighted by Crippen LogP contribution is 2.29. The lowest BCUT2D eigenvalue weighted by atomic mass is 10.3. The Morgan fingerprint density at radius 1 is 1.39 bits per heavy atom. The van der Waals surface area contributed by atoms with E-state index in [1.54, 1.807) is 0 Å². The molecule has 0 fully saturated rings. The number of nitrogens with zero attached hydrogens (tertiary/aromatic N) is 3. The maximum atomic E-state index is 10.6. The third kappa shape index (κ3) is 3.06. The second-order valence-electron chi connectivity index (χ2n) is 3.11. The maximum absolute atomic E-state index is 10.6. The summed E-state index contributed by atoms with van der Waals surface area (Å²) in [6.07, 6.45) is 0. The number of aromatic nitrogens is 2. The van der Waals surface area contributed by atoms with Crippen LogP contribution in [0.4, 0.5) is 5.69 Å². The molecule has 1 aromatic carbocycles. The third-order valence-electron chi connectivity index (χ3n) is 1.92. The Kier molecular flexibility index (Phi) is 3.95. The van der Waals surface area contributed by atoms with E-state index in [-0.39, 0.29) is 17.3 Å². The zero-order valence-corrected chi connectivity index (χ0v) is 11.0. The number of benzene rings is 1. The lowest BCUT2D eigenvalue weighted by Gasteiger charge is -2.03. The van der Waals surface area contributed by atoms with E-state index in [0.29, 0.717) is 15.2 Å². The maximum Gasteiger partial charge on any atom is 0.288 e. The zero-order valence-electron chi connectivity index (χ0n) is 8.67. The number of rotatable bonds is 4. The van der Waals surface area contributed by atoms with Gasteiger partial charge in [-0.15, -0.1) is 10.2 Å². The van der Waals surface area contributed by atoms with Crippen molar-refractivity contribution in [2.75, 3.05) is 0 Å². The van der Waals surface area contributed by atoms with Crippen LogP contribution >= 0.6 is 34.5 Å². The average molecular weight is 306 g/mol. The molecule has 0 unspecified atom stereocenters. The highest BCUT2D eigenvalue weighted by molar-refractivity contribution is 7.15. The molecular formula is C9H5Cl2N3O3S. The smallest absolute Gasteiger partial charge is 0.288 e. The van der Waals surface area contributed by atoms with Gasteiger partial charge in [0, 0.05) is 12.1 Å². The molecule has 0 saturated carbocycles. The van der Waals surface area contributed by atoms with Crippen molar-refractivity contribution >= 4 is 40.2 Å². The number of nitro benzene ring substituents is 1. The Morgan fingerprint density at radius 3 is 2.72 bits per heavy atom. The summed E-state index contributed by atoms with van der Waals surface area (Å²) in [6.45, 7) is 0.179. The molecule has 18 heavy (non-hydrogen) atoms. The molecule has 94 valence electrons. The Balaban J connectivity index is 2.06. The molecule has 6 nitrogen and oxygen atoms in total. The highest BCUT2D eigenvalue weighted by atomic mass is 35.5. The summed E-state index contributed by atoms with van der Waals surface area (Å²) in [5.41, 5.74) is -0.164. The van der Waals surface area contributed by atoms with Gasteiger partial charge in [-0.1, -0.05) is 22.9 Å². The molecule has 0 aliphatic heterocycles. The van der Waals surface area contributed by atoms with Gasteiger partial charge in [-0.05, 0) is 17.7 Å². The molecule has 0 atom stereocenters. The Hall–Kier alpha value is -1.44. The van der Waals surface area contributed by atoms with Crippen molar-refractivity contribution in [3.8, 4) is 5.75 Å². The van der Waals surface area contributed by atoms with Crippen LogP contribution in [0.25, 0.3) is 0 Å². The fourth-order valence-corrected chi connectivity index (χ4v) is 2.18. The van der Waals surface area contributed by atoms with Crippen molar-refractivity contribution in [1.29, 1.82) is 0 Å². The van der Waals surface area contributed by atoms with Gasteiger partial charge in [0.15, 0.2) is 5.01 Å². The molecule has 0 N–H and O–H groups in total. The summed E-state index contributed by atoms with van der Waals surface area (Å²) in [5, 5.41) is 18.6. The lowest BCUT2D eigenvalue weighted by Crippen LogP contribution is -1.96. The van der Waals surface area contributed by atoms with Crippen LogP contribution in [0.3, 0.4) is 0 Å². The Labute approximate surface area is 115 Å². The summed E-state index contributed by atoms with van der Waals surface area (Å²) in [4.78, 5) is 10.0. The fraction of sp³-hybridized carbons (Fsp3) is 0.111. The van der Waals surface area contributed by atoms with Crippen molar-refractivity contribution in [1.82, 2.24) is 10.2 Å². The van der Waals surface area contributed by atoms with Crippen molar-refractivity contribution in [3.63, 3.8) is 0 Å². The van der Waals surface area contributed by atoms with Crippen molar-refractivity contribution < 1.29 is 9.66 Å². The van der Waals surface area contributed by atoms with Crippen LogP contribution in [0.5, 0.6) is 5.75 Å². The minimum absolute atomic E-state index is 0.0211. The number of ether oxygens (including phenoxy) is 1. The molecule has 0 saturated heterocycles. The van der Waals surface area contributed by atoms with Crippen molar-refractivity contribution in [2.45, 2.75) is 6.61 Å². The number of nitro groups is 1. The number of halogens is 2. The molecule has 1 aromatic heterocycles. The largest absolute Gasteiger partial charge is 0.486 e. The number of hydrogen-bond donors (Lipinski definition) is 0. The zero-order chi connectivity index (χ0) is 13.1. The topological polar surface area (TPSA) is 78.2 Å². The monoisotopic (exact) mass is 305 g/mol. The van der Waals surface area contributed by atoms with E-state index in [1.165, 1.54) is 29.5 Å². The predicted molar refractivity (Wildman–Crippen MR) is 67.4 cm³/mol. The summed E-state index contributed by atoms with van der Waals surface area (Å²) in [5.74, 6) is 0.414. The van der Waals surface area contributed by atoms with Gasteiger partial charge in [-0.25, -0.2) is 0 Å². The average Bonchev–Trinajstić information content (AvgIpc) is 2.72. The molecule has 0 bridgehead atoms. The van der Waals surface area contributed by atoms with Crippen LogP contribution in [0.15, 0.2) is 18.2 Å². The first-order valence-electron chi connectivity index (χ1n) is 4.61. The van der Waals surface area contributed by atoms with Crippen LogP contribution in [0.1, 0.15) is 5.01 Å². The first-order valence-corrected chi connectivity index (χ1v) is 6.18. The summed E-state index contributed by atoms with van der Waals surface area (Å²) >= 11 is 12.6. The van der Waals surface area contributed by atoms with Crippen molar-refractivity contribution in [3.05, 3.63) is 42.8 Å². The van der Waals surface area contributed by atoms with Crippen LogP contribution in [0.2, 0.25) is 9.49 Å². The quantitative estimate of drug-likeness (QED) is 0.639. The van der Waals surface area contributed by atoms with Gasteiger partial charge in [-0.2, -0.15) is 0 Å². The van der Waals surface area contributed by atoms with E-state index in [4.69, 9.17) is 27.9 Å². The Morgan fingerprint density at radius 2 is 2.17 bits per heavy atom. The van der Waals surface area contributed by atoms with Crippen LogP contribution < -0.4 is 4.74 Å². The van der Waals surface area contributed by atoms with Gasteiger partial charge in [0.05, 0.1) is 4.92 Å². The van der Waals surface area contributed by atoms with E-state index in [2.05, 4.69) is 10.2 Å². The van der Waals surface area contributed by atoms with Gasteiger partial charge in [-0.3, -0.25) is 10.1 Å². The lowest BCUT2D eigenvalue weighted by molar-refractivity contribution is -0.384. The molecule has 2 rings (SSSR count). The van der Waals surface area contributed by atoms with E-state index in [0.717, 1.165) is 0 Å². The molecule has 0 radical (unpaired) electrons. The van der Waals surface area contributed by atoms with Gasteiger partial charge >= 0.3 is 0 Å². The van der Waals surface area contributed by atoms with Crippen LogP contribution in [-0.2, 0) is 6.61 Å². The standard InChI is InChI=1S/C9H5Cl2N3O3S/c10-6-3-5(1-2-7(6)14(15)16)17-4-8-12-13-9(11)18-8/h1-3H,4H2.